The van der Waals surface area contributed by atoms with Gasteiger partial charge in [-0.2, -0.15) is 0 Å². The summed E-state index contributed by atoms with van der Waals surface area (Å²) in [6.45, 7) is 4.84. The van der Waals surface area contributed by atoms with E-state index in [0.717, 1.165) is 12.1 Å². The van der Waals surface area contributed by atoms with Crippen LogP contribution >= 0.6 is 15.9 Å². The van der Waals surface area contributed by atoms with Crippen LogP contribution in [0, 0.1) is 17.0 Å². The van der Waals surface area contributed by atoms with Crippen LogP contribution in [0.5, 0.6) is 0 Å². The summed E-state index contributed by atoms with van der Waals surface area (Å²) < 4.78 is 0.615. The molecule has 0 saturated carbocycles. The number of nitro benzene ring substituents is 1. The van der Waals surface area contributed by atoms with Crippen molar-refractivity contribution in [3.05, 3.63) is 32.3 Å². The van der Waals surface area contributed by atoms with Crippen molar-refractivity contribution in [3.8, 4) is 0 Å². The van der Waals surface area contributed by atoms with Crippen LogP contribution in [-0.4, -0.2) is 23.9 Å². The van der Waals surface area contributed by atoms with Gasteiger partial charge in [-0.05, 0) is 35.3 Å². The van der Waals surface area contributed by atoms with Gasteiger partial charge in [0.05, 0.1) is 4.92 Å². The Labute approximate surface area is 126 Å². The highest BCUT2D eigenvalue weighted by atomic mass is 79.9. The highest BCUT2D eigenvalue weighted by Crippen LogP contribution is 2.30. The number of anilines is 1. The van der Waals surface area contributed by atoms with Crippen LogP contribution in [0.1, 0.15) is 25.3 Å². The van der Waals surface area contributed by atoms with Crippen LogP contribution in [0.25, 0.3) is 0 Å². The third kappa shape index (κ3) is 4.80. The number of nitrogens with one attached hydrogen (secondary N) is 2. The molecule has 0 spiro atoms. The highest BCUT2D eigenvalue weighted by molar-refractivity contribution is 9.10. The molecule has 0 aromatic heterocycles. The number of nitrogens with zero attached hydrogens (tertiary/aromatic N) is 1. The van der Waals surface area contributed by atoms with Gasteiger partial charge in [0.15, 0.2) is 0 Å². The molecule has 0 radical (unpaired) electrons. The molecule has 0 atom stereocenters. The summed E-state index contributed by atoms with van der Waals surface area (Å²) in [5.41, 5.74) is 1.40. The minimum absolute atomic E-state index is 0.00546. The second-order valence-corrected chi connectivity index (χ2v) is 5.26. The Bertz CT molecular complexity index is 506. The number of hydrogen-bond acceptors (Lipinski definition) is 4. The number of carbonyl (C=O) groups is 1. The Morgan fingerprint density at radius 2 is 2.10 bits per heavy atom. The van der Waals surface area contributed by atoms with E-state index in [1.54, 1.807) is 13.0 Å². The normalized spacial score (nSPS) is 10.2. The van der Waals surface area contributed by atoms with Crippen LogP contribution in [-0.2, 0) is 4.79 Å². The molecule has 0 unspecified atom stereocenters. The largest absolute Gasteiger partial charge is 0.384 e. The summed E-state index contributed by atoms with van der Waals surface area (Å²) in [5.74, 6) is -0.00546. The fourth-order valence-electron chi connectivity index (χ4n) is 1.67. The van der Waals surface area contributed by atoms with Gasteiger partial charge in [-0.15, -0.1) is 0 Å². The molecule has 1 aromatic carbocycles. The maximum absolute atomic E-state index is 11.4. The minimum atomic E-state index is -0.415. The monoisotopic (exact) mass is 343 g/mol. The van der Waals surface area contributed by atoms with E-state index in [0.29, 0.717) is 29.5 Å². The predicted octanol–water partition coefficient (Wildman–Crippen LogP) is 2.99. The van der Waals surface area contributed by atoms with Crippen LogP contribution in [0.4, 0.5) is 11.4 Å². The van der Waals surface area contributed by atoms with E-state index < -0.39 is 4.92 Å². The first-order valence-corrected chi connectivity index (χ1v) is 7.20. The molecular formula is C13H18BrN3O3. The van der Waals surface area contributed by atoms with Gasteiger partial charge in [-0.3, -0.25) is 14.9 Å². The zero-order chi connectivity index (χ0) is 15.1. The van der Waals surface area contributed by atoms with E-state index >= 15 is 0 Å². The molecule has 6 nitrogen and oxygen atoms in total. The number of carbonyl (C=O) groups excluding carboxylic acids is 1. The van der Waals surface area contributed by atoms with Crippen molar-refractivity contribution in [2.75, 3.05) is 18.4 Å². The van der Waals surface area contributed by atoms with Crippen molar-refractivity contribution in [3.63, 3.8) is 0 Å². The average molecular weight is 344 g/mol. The number of aryl methyl sites for hydroxylation is 1. The first-order chi connectivity index (χ1) is 9.45. The maximum atomic E-state index is 11.4. The number of rotatable bonds is 7. The number of hydrogen-bond donors (Lipinski definition) is 2. The first kappa shape index (κ1) is 16.4. The maximum Gasteiger partial charge on any atom is 0.273 e. The zero-order valence-electron chi connectivity index (χ0n) is 11.5. The Morgan fingerprint density at radius 1 is 1.40 bits per heavy atom. The lowest BCUT2D eigenvalue weighted by Crippen LogP contribution is -2.25. The van der Waals surface area contributed by atoms with Crippen molar-refractivity contribution >= 4 is 33.2 Å². The SMILES string of the molecule is CCCNC(=O)CCNc1cc(C)c([N+](=O)[O-])cc1Br. The molecule has 1 amide bonds. The third-order valence-electron chi connectivity index (χ3n) is 2.72. The molecular weight excluding hydrogens is 326 g/mol. The summed E-state index contributed by atoms with van der Waals surface area (Å²) in [5, 5.41) is 16.7. The van der Waals surface area contributed by atoms with Crippen LogP contribution < -0.4 is 10.6 Å². The number of halogens is 1. The smallest absolute Gasteiger partial charge is 0.273 e. The number of benzene rings is 1. The van der Waals surface area contributed by atoms with Gasteiger partial charge in [0.1, 0.15) is 0 Å². The Morgan fingerprint density at radius 3 is 2.70 bits per heavy atom. The van der Waals surface area contributed by atoms with Crippen molar-refractivity contribution in [1.29, 1.82) is 0 Å². The second kappa shape index (κ2) is 7.84. The van der Waals surface area contributed by atoms with Gasteiger partial charge >= 0.3 is 0 Å². The lowest BCUT2D eigenvalue weighted by Gasteiger charge is -2.10. The lowest BCUT2D eigenvalue weighted by atomic mass is 10.2. The highest BCUT2D eigenvalue weighted by Gasteiger charge is 2.14. The summed E-state index contributed by atoms with van der Waals surface area (Å²) in [4.78, 5) is 21.8. The minimum Gasteiger partial charge on any atom is -0.384 e. The van der Waals surface area contributed by atoms with Gasteiger partial charge in [-0.25, -0.2) is 0 Å². The third-order valence-corrected chi connectivity index (χ3v) is 3.38. The first-order valence-electron chi connectivity index (χ1n) is 6.40. The van der Waals surface area contributed by atoms with Crippen molar-refractivity contribution < 1.29 is 9.72 Å². The molecule has 0 bridgehead atoms. The second-order valence-electron chi connectivity index (χ2n) is 4.40. The Kier molecular flexibility index (Phi) is 6.44. The molecule has 0 aliphatic rings. The van der Waals surface area contributed by atoms with Crippen molar-refractivity contribution in [1.82, 2.24) is 5.32 Å². The van der Waals surface area contributed by atoms with Gasteiger partial charge in [0, 0.05) is 41.3 Å². The van der Waals surface area contributed by atoms with Gasteiger partial charge in [-0.1, -0.05) is 6.92 Å². The predicted molar refractivity (Wildman–Crippen MR) is 81.9 cm³/mol. The molecule has 20 heavy (non-hydrogen) atoms. The van der Waals surface area contributed by atoms with E-state index in [1.807, 2.05) is 6.92 Å². The molecule has 110 valence electrons. The topological polar surface area (TPSA) is 84.3 Å². The van der Waals surface area contributed by atoms with E-state index in [4.69, 9.17) is 0 Å². The molecule has 1 aromatic rings. The van der Waals surface area contributed by atoms with Crippen molar-refractivity contribution in [2.45, 2.75) is 26.7 Å². The molecule has 1 rings (SSSR count). The summed E-state index contributed by atoms with van der Waals surface area (Å²) in [6, 6.07) is 3.17. The molecule has 7 heteroatoms. The fourth-order valence-corrected chi connectivity index (χ4v) is 2.14. The van der Waals surface area contributed by atoms with Crippen LogP contribution in [0.2, 0.25) is 0 Å². The molecule has 0 saturated heterocycles. The van der Waals surface area contributed by atoms with E-state index in [2.05, 4.69) is 26.6 Å². The van der Waals surface area contributed by atoms with Gasteiger partial charge in [0.2, 0.25) is 5.91 Å². The molecule has 0 fully saturated rings. The molecule has 0 heterocycles. The van der Waals surface area contributed by atoms with E-state index in [9.17, 15) is 14.9 Å². The van der Waals surface area contributed by atoms with E-state index in [-0.39, 0.29) is 11.6 Å². The van der Waals surface area contributed by atoms with E-state index in [1.165, 1.54) is 6.07 Å². The lowest BCUT2D eigenvalue weighted by molar-refractivity contribution is -0.385. The Hall–Kier alpha value is -1.63. The van der Waals surface area contributed by atoms with Crippen LogP contribution in [0.15, 0.2) is 16.6 Å². The van der Waals surface area contributed by atoms with Gasteiger partial charge < -0.3 is 10.6 Å². The quantitative estimate of drug-likeness (QED) is 0.588. The number of amides is 1. The average Bonchev–Trinajstić information content (AvgIpc) is 2.39. The standard InChI is InChI=1S/C13H18BrN3O3/c1-3-5-16-13(18)4-6-15-11-7-9(2)12(17(19)20)8-10(11)14/h7-8,15H,3-6H2,1-2H3,(H,16,18). The summed E-state index contributed by atoms with van der Waals surface area (Å²) >= 11 is 3.29. The summed E-state index contributed by atoms with van der Waals surface area (Å²) in [7, 11) is 0. The zero-order valence-corrected chi connectivity index (χ0v) is 13.1. The molecule has 0 aliphatic carbocycles. The molecule has 2 N–H and O–H groups in total. The van der Waals surface area contributed by atoms with Crippen molar-refractivity contribution in [2.24, 2.45) is 0 Å². The van der Waals surface area contributed by atoms with Gasteiger partial charge in [0.25, 0.3) is 5.69 Å². The van der Waals surface area contributed by atoms with Crippen LogP contribution in [0.3, 0.4) is 0 Å². The molecule has 0 aliphatic heterocycles. The summed E-state index contributed by atoms with van der Waals surface area (Å²) in [6.07, 6.45) is 1.27. The fraction of sp³-hybridized carbons (Fsp3) is 0.462. The number of nitro groups is 1. The Balaban J connectivity index is 2.59.